The summed E-state index contributed by atoms with van der Waals surface area (Å²) in [6.45, 7) is 3.97. The van der Waals surface area contributed by atoms with E-state index in [9.17, 15) is 4.79 Å². The van der Waals surface area contributed by atoms with Gasteiger partial charge in [0.15, 0.2) is 0 Å². The van der Waals surface area contributed by atoms with Gasteiger partial charge in [-0.25, -0.2) is 0 Å². The van der Waals surface area contributed by atoms with Crippen LogP contribution in [0.2, 0.25) is 0 Å². The van der Waals surface area contributed by atoms with Gasteiger partial charge in [0.2, 0.25) is 5.91 Å². The van der Waals surface area contributed by atoms with Crippen molar-refractivity contribution in [1.82, 2.24) is 10.6 Å². The van der Waals surface area contributed by atoms with Crippen molar-refractivity contribution in [3.63, 3.8) is 0 Å². The summed E-state index contributed by atoms with van der Waals surface area (Å²) in [4.78, 5) is 11.8. The summed E-state index contributed by atoms with van der Waals surface area (Å²) in [7, 11) is 0. The molecule has 3 atom stereocenters. The molecule has 104 valence electrons. The van der Waals surface area contributed by atoms with Crippen LogP contribution in [-0.4, -0.2) is 37.2 Å². The molecule has 2 aliphatic rings. The topological polar surface area (TPSA) is 50.4 Å². The number of nitrogens with one attached hydrogen (secondary N) is 2. The molecule has 0 spiro atoms. The first-order valence-electron chi connectivity index (χ1n) is 7.38. The van der Waals surface area contributed by atoms with Gasteiger partial charge in [0, 0.05) is 31.7 Å². The maximum absolute atomic E-state index is 11.8. The van der Waals surface area contributed by atoms with E-state index in [1.165, 1.54) is 12.8 Å². The van der Waals surface area contributed by atoms with E-state index in [1.54, 1.807) is 0 Å². The van der Waals surface area contributed by atoms with Crippen molar-refractivity contribution in [3.8, 4) is 0 Å². The first kappa shape index (κ1) is 13.8. The molecule has 18 heavy (non-hydrogen) atoms. The van der Waals surface area contributed by atoms with E-state index in [0.717, 1.165) is 38.8 Å². The Kier molecular flexibility index (Phi) is 5.45. The van der Waals surface area contributed by atoms with Crippen molar-refractivity contribution in [2.24, 2.45) is 0 Å². The maximum Gasteiger partial charge on any atom is 0.220 e. The molecule has 3 unspecified atom stereocenters. The predicted molar refractivity (Wildman–Crippen MR) is 71.5 cm³/mol. The van der Waals surface area contributed by atoms with Crippen LogP contribution in [0.4, 0.5) is 0 Å². The van der Waals surface area contributed by atoms with E-state index in [2.05, 4.69) is 17.6 Å². The molecular weight excluding hydrogens is 228 g/mol. The van der Waals surface area contributed by atoms with Gasteiger partial charge in [0.1, 0.15) is 0 Å². The van der Waals surface area contributed by atoms with E-state index in [1.807, 2.05) is 0 Å². The summed E-state index contributed by atoms with van der Waals surface area (Å²) in [5.41, 5.74) is 0. The van der Waals surface area contributed by atoms with Crippen LogP contribution in [0.1, 0.15) is 51.9 Å². The van der Waals surface area contributed by atoms with Crippen molar-refractivity contribution in [2.75, 3.05) is 13.2 Å². The highest BCUT2D eigenvalue weighted by Gasteiger charge is 2.20. The molecule has 2 heterocycles. The number of amides is 1. The molecule has 1 amide bonds. The summed E-state index contributed by atoms with van der Waals surface area (Å²) in [6.07, 6.45) is 7.59. The largest absolute Gasteiger partial charge is 0.378 e. The minimum Gasteiger partial charge on any atom is -0.378 e. The van der Waals surface area contributed by atoms with Crippen LogP contribution >= 0.6 is 0 Å². The van der Waals surface area contributed by atoms with Crippen LogP contribution in [0.5, 0.6) is 0 Å². The molecule has 0 aliphatic carbocycles. The molecular formula is C14H26N2O2. The van der Waals surface area contributed by atoms with E-state index < -0.39 is 0 Å². The molecule has 2 rings (SSSR count). The van der Waals surface area contributed by atoms with Gasteiger partial charge in [-0.3, -0.25) is 4.79 Å². The number of rotatable bonds is 4. The molecule has 4 heteroatoms. The minimum absolute atomic E-state index is 0.186. The van der Waals surface area contributed by atoms with Gasteiger partial charge in [-0.05, 0) is 45.4 Å². The third kappa shape index (κ3) is 4.58. The van der Waals surface area contributed by atoms with Crippen molar-refractivity contribution in [2.45, 2.75) is 70.1 Å². The smallest absolute Gasteiger partial charge is 0.220 e. The highest BCUT2D eigenvalue weighted by molar-refractivity contribution is 5.76. The lowest BCUT2D eigenvalue weighted by molar-refractivity contribution is -0.123. The fourth-order valence-corrected chi connectivity index (χ4v) is 2.75. The van der Waals surface area contributed by atoms with Crippen LogP contribution in [0.15, 0.2) is 0 Å². The fourth-order valence-electron chi connectivity index (χ4n) is 2.75. The van der Waals surface area contributed by atoms with E-state index in [0.29, 0.717) is 24.6 Å². The summed E-state index contributed by atoms with van der Waals surface area (Å²) in [5, 5.41) is 6.53. The Morgan fingerprint density at radius 3 is 2.89 bits per heavy atom. The monoisotopic (exact) mass is 254 g/mol. The highest BCUT2D eigenvalue weighted by Crippen LogP contribution is 2.17. The third-order valence-electron chi connectivity index (χ3n) is 3.99. The lowest BCUT2D eigenvalue weighted by Gasteiger charge is -2.28. The highest BCUT2D eigenvalue weighted by atomic mass is 16.5. The zero-order valence-corrected chi connectivity index (χ0v) is 11.4. The van der Waals surface area contributed by atoms with Gasteiger partial charge in [-0.1, -0.05) is 0 Å². The second-order valence-electron chi connectivity index (χ2n) is 5.68. The molecule has 0 aromatic carbocycles. The Morgan fingerprint density at radius 2 is 2.22 bits per heavy atom. The first-order valence-corrected chi connectivity index (χ1v) is 7.38. The number of ether oxygens (including phenoxy) is 1. The molecule has 2 fully saturated rings. The number of carbonyl (C=O) groups excluding carboxylic acids is 1. The lowest BCUT2D eigenvalue weighted by Crippen LogP contribution is -2.48. The van der Waals surface area contributed by atoms with Gasteiger partial charge in [0.05, 0.1) is 6.10 Å². The molecule has 2 aliphatic heterocycles. The molecule has 2 saturated heterocycles. The van der Waals surface area contributed by atoms with E-state index >= 15 is 0 Å². The quantitative estimate of drug-likeness (QED) is 0.801. The standard InChI is InChI=1S/C14H26N2O2/c1-11-5-6-12(10-15-11)16-14(17)8-7-13-4-2-3-9-18-13/h11-13,15H,2-10H2,1H3,(H,16,17). The molecule has 0 aromatic heterocycles. The van der Waals surface area contributed by atoms with Gasteiger partial charge in [-0.2, -0.15) is 0 Å². The van der Waals surface area contributed by atoms with Crippen LogP contribution in [0.3, 0.4) is 0 Å². The first-order chi connectivity index (χ1) is 8.74. The molecule has 0 saturated carbocycles. The van der Waals surface area contributed by atoms with E-state index in [4.69, 9.17) is 4.74 Å². The summed E-state index contributed by atoms with van der Waals surface area (Å²) < 4.78 is 5.64. The van der Waals surface area contributed by atoms with Gasteiger partial charge in [0.25, 0.3) is 0 Å². The Morgan fingerprint density at radius 1 is 1.33 bits per heavy atom. The summed E-state index contributed by atoms with van der Waals surface area (Å²) >= 11 is 0. The van der Waals surface area contributed by atoms with Crippen LogP contribution in [0, 0.1) is 0 Å². The molecule has 0 bridgehead atoms. The van der Waals surface area contributed by atoms with Crippen molar-refractivity contribution in [3.05, 3.63) is 0 Å². The van der Waals surface area contributed by atoms with Crippen LogP contribution in [0.25, 0.3) is 0 Å². The number of carbonyl (C=O) groups is 1. The predicted octanol–water partition coefficient (Wildman–Crippen LogP) is 1.59. The number of hydrogen-bond acceptors (Lipinski definition) is 3. The summed E-state index contributed by atoms with van der Waals surface area (Å²) in [5.74, 6) is 0.186. The second kappa shape index (κ2) is 7.10. The fraction of sp³-hybridized carbons (Fsp3) is 0.929. The van der Waals surface area contributed by atoms with Crippen molar-refractivity contribution < 1.29 is 9.53 Å². The Balaban J connectivity index is 1.59. The van der Waals surface area contributed by atoms with Crippen LogP contribution in [-0.2, 0) is 9.53 Å². The van der Waals surface area contributed by atoms with Crippen molar-refractivity contribution >= 4 is 5.91 Å². The van der Waals surface area contributed by atoms with Gasteiger partial charge in [-0.15, -0.1) is 0 Å². The number of hydrogen-bond donors (Lipinski definition) is 2. The zero-order valence-electron chi connectivity index (χ0n) is 11.4. The van der Waals surface area contributed by atoms with Gasteiger partial charge >= 0.3 is 0 Å². The minimum atomic E-state index is 0.186. The van der Waals surface area contributed by atoms with Gasteiger partial charge < -0.3 is 15.4 Å². The SMILES string of the molecule is CC1CCC(NC(=O)CCC2CCCCO2)CN1. The van der Waals surface area contributed by atoms with Crippen molar-refractivity contribution in [1.29, 1.82) is 0 Å². The average molecular weight is 254 g/mol. The molecule has 0 radical (unpaired) electrons. The third-order valence-corrected chi connectivity index (χ3v) is 3.99. The average Bonchev–Trinajstić information content (AvgIpc) is 2.40. The lowest BCUT2D eigenvalue weighted by atomic mass is 10.0. The Hall–Kier alpha value is -0.610. The summed E-state index contributed by atoms with van der Waals surface area (Å²) in [6, 6.07) is 0.912. The normalized spacial score (nSPS) is 33.1. The maximum atomic E-state index is 11.8. The van der Waals surface area contributed by atoms with E-state index in [-0.39, 0.29) is 5.91 Å². The second-order valence-corrected chi connectivity index (χ2v) is 5.68. The molecule has 0 aromatic rings. The van der Waals surface area contributed by atoms with Crippen LogP contribution < -0.4 is 10.6 Å². The molecule has 2 N–H and O–H groups in total. The number of piperidine rings is 1. The Bertz CT molecular complexity index is 257. The zero-order chi connectivity index (χ0) is 12.8. The Labute approximate surface area is 110 Å². The molecule has 4 nitrogen and oxygen atoms in total.